The monoisotopic (exact) mass is 487 g/mol. The van der Waals surface area contributed by atoms with E-state index in [0.717, 1.165) is 38.5 Å². The van der Waals surface area contributed by atoms with Gasteiger partial charge in [0.1, 0.15) is 5.75 Å². The van der Waals surface area contributed by atoms with Gasteiger partial charge in [-0.2, -0.15) is 0 Å². The second-order valence-electron chi connectivity index (χ2n) is 9.85. The van der Waals surface area contributed by atoms with Gasteiger partial charge in [0, 0.05) is 31.6 Å². The van der Waals surface area contributed by atoms with Crippen LogP contribution < -0.4 is 15.0 Å². The molecule has 35 heavy (non-hydrogen) atoms. The van der Waals surface area contributed by atoms with Crippen molar-refractivity contribution in [2.45, 2.75) is 83.2 Å². The smallest absolute Gasteiger partial charge is 0.328 e. The van der Waals surface area contributed by atoms with Gasteiger partial charge in [0.2, 0.25) is 5.91 Å². The minimum Gasteiger partial charge on any atom is -0.495 e. The number of carbonyl (C=O) groups is 3. The van der Waals surface area contributed by atoms with Crippen LogP contribution >= 0.6 is 0 Å². The Labute approximate surface area is 207 Å². The average molecular weight is 488 g/mol. The first-order valence-corrected chi connectivity index (χ1v) is 12.7. The van der Waals surface area contributed by atoms with E-state index in [1.807, 2.05) is 4.90 Å². The molecule has 2 saturated heterocycles. The molecule has 2 heterocycles. The standard InChI is InChI=1S/C26H37N3O6/c1-17(2)34-19-5-7-20(8-6-19)35-21-10-13-28(14-11-21)25(31)18-4-9-23(33-3)22(16-18)29-15-12-24(30)27-26(29)32/h4,9,16-17,19-21H,5-8,10-15H2,1-3H3,(H,27,30,32). The summed E-state index contributed by atoms with van der Waals surface area (Å²) in [6.45, 7) is 5.67. The molecule has 4 amide bonds. The molecule has 2 aliphatic heterocycles. The second-order valence-corrected chi connectivity index (χ2v) is 9.85. The van der Waals surface area contributed by atoms with Crippen LogP contribution in [-0.2, 0) is 14.3 Å². The maximum atomic E-state index is 13.2. The summed E-state index contributed by atoms with van der Waals surface area (Å²) in [5.74, 6) is 0.0957. The zero-order valence-electron chi connectivity index (χ0n) is 21.0. The summed E-state index contributed by atoms with van der Waals surface area (Å²) < 4.78 is 17.7. The summed E-state index contributed by atoms with van der Waals surface area (Å²) in [6, 6.07) is 4.59. The van der Waals surface area contributed by atoms with Gasteiger partial charge in [-0.25, -0.2) is 4.79 Å². The largest absolute Gasteiger partial charge is 0.495 e. The van der Waals surface area contributed by atoms with Crippen molar-refractivity contribution in [3.63, 3.8) is 0 Å². The molecule has 0 aromatic heterocycles. The molecule has 9 heteroatoms. The van der Waals surface area contributed by atoms with E-state index in [0.29, 0.717) is 36.2 Å². The van der Waals surface area contributed by atoms with Crippen molar-refractivity contribution in [2.75, 3.05) is 31.6 Å². The van der Waals surface area contributed by atoms with Crippen molar-refractivity contribution < 1.29 is 28.6 Å². The van der Waals surface area contributed by atoms with E-state index < -0.39 is 6.03 Å². The van der Waals surface area contributed by atoms with Crippen molar-refractivity contribution >= 4 is 23.5 Å². The molecule has 0 spiro atoms. The third-order valence-electron chi connectivity index (χ3n) is 6.97. The van der Waals surface area contributed by atoms with Crippen LogP contribution in [0.2, 0.25) is 0 Å². The molecule has 1 saturated carbocycles. The van der Waals surface area contributed by atoms with Gasteiger partial charge in [-0.05, 0) is 70.6 Å². The van der Waals surface area contributed by atoms with E-state index in [-0.39, 0.29) is 43.1 Å². The maximum absolute atomic E-state index is 13.2. The number of imide groups is 1. The Hall–Kier alpha value is -2.65. The highest BCUT2D eigenvalue weighted by Gasteiger charge is 2.31. The fraction of sp³-hybridized carbons (Fsp3) is 0.654. The fourth-order valence-electron chi connectivity index (χ4n) is 5.17. The molecule has 192 valence electrons. The van der Waals surface area contributed by atoms with Crippen molar-refractivity contribution in [1.82, 2.24) is 10.2 Å². The number of amides is 4. The quantitative estimate of drug-likeness (QED) is 0.632. The van der Waals surface area contributed by atoms with Gasteiger partial charge in [-0.3, -0.25) is 19.8 Å². The number of carbonyl (C=O) groups excluding carboxylic acids is 3. The van der Waals surface area contributed by atoms with Crippen LogP contribution in [0.5, 0.6) is 5.75 Å². The summed E-state index contributed by atoms with van der Waals surface area (Å²) >= 11 is 0. The molecule has 3 aliphatic rings. The lowest BCUT2D eigenvalue weighted by Gasteiger charge is -2.36. The number of piperidine rings is 1. The van der Waals surface area contributed by atoms with E-state index in [1.54, 1.807) is 18.2 Å². The summed E-state index contributed by atoms with van der Waals surface area (Å²) in [6.07, 6.45) is 7.04. The highest BCUT2D eigenvalue weighted by Crippen LogP contribution is 2.32. The van der Waals surface area contributed by atoms with Crippen molar-refractivity contribution in [1.29, 1.82) is 0 Å². The van der Waals surface area contributed by atoms with E-state index in [9.17, 15) is 14.4 Å². The SMILES string of the molecule is COc1ccc(C(=O)N2CCC(OC3CCC(OC(C)C)CC3)CC2)cc1N1CCC(=O)NC1=O. The molecule has 0 radical (unpaired) electrons. The lowest BCUT2D eigenvalue weighted by atomic mass is 9.94. The Morgan fingerprint density at radius 3 is 2.26 bits per heavy atom. The van der Waals surface area contributed by atoms with Gasteiger partial charge >= 0.3 is 6.03 Å². The first-order valence-electron chi connectivity index (χ1n) is 12.7. The Morgan fingerprint density at radius 1 is 0.971 bits per heavy atom. The van der Waals surface area contributed by atoms with E-state index >= 15 is 0 Å². The van der Waals surface area contributed by atoms with Crippen LogP contribution in [0.3, 0.4) is 0 Å². The van der Waals surface area contributed by atoms with Gasteiger partial charge in [0.25, 0.3) is 5.91 Å². The van der Waals surface area contributed by atoms with E-state index in [4.69, 9.17) is 14.2 Å². The molecule has 1 aliphatic carbocycles. The number of benzene rings is 1. The summed E-state index contributed by atoms with van der Waals surface area (Å²) in [4.78, 5) is 40.4. The molecule has 1 N–H and O–H groups in total. The number of nitrogens with one attached hydrogen (secondary N) is 1. The molecule has 0 bridgehead atoms. The number of hydrogen-bond donors (Lipinski definition) is 1. The van der Waals surface area contributed by atoms with Crippen LogP contribution in [0.1, 0.15) is 69.2 Å². The highest BCUT2D eigenvalue weighted by molar-refractivity contribution is 6.07. The van der Waals surface area contributed by atoms with Gasteiger partial charge in [0.05, 0.1) is 37.2 Å². The van der Waals surface area contributed by atoms with E-state index in [2.05, 4.69) is 19.2 Å². The van der Waals surface area contributed by atoms with Gasteiger partial charge < -0.3 is 19.1 Å². The van der Waals surface area contributed by atoms with E-state index in [1.165, 1.54) is 12.0 Å². The maximum Gasteiger partial charge on any atom is 0.328 e. The molecule has 0 atom stereocenters. The first-order chi connectivity index (χ1) is 16.8. The number of likely N-dealkylation sites (tertiary alicyclic amines) is 1. The zero-order valence-corrected chi connectivity index (χ0v) is 21.0. The lowest BCUT2D eigenvalue weighted by Crippen LogP contribution is -2.49. The summed E-state index contributed by atoms with van der Waals surface area (Å²) in [5, 5.41) is 2.32. The second kappa shape index (κ2) is 11.4. The van der Waals surface area contributed by atoms with Gasteiger partial charge in [0.15, 0.2) is 0 Å². The Balaban J connectivity index is 1.31. The average Bonchev–Trinajstić information content (AvgIpc) is 2.85. The van der Waals surface area contributed by atoms with Gasteiger partial charge in [-0.15, -0.1) is 0 Å². The number of methoxy groups -OCH3 is 1. The van der Waals surface area contributed by atoms with Crippen molar-refractivity contribution in [3.05, 3.63) is 23.8 Å². The Bertz CT molecular complexity index is 920. The molecular formula is C26H37N3O6. The minimum absolute atomic E-state index is 0.0767. The fourth-order valence-corrected chi connectivity index (χ4v) is 5.17. The third-order valence-corrected chi connectivity index (χ3v) is 6.97. The van der Waals surface area contributed by atoms with Crippen molar-refractivity contribution in [3.8, 4) is 5.75 Å². The number of hydrogen-bond acceptors (Lipinski definition) is 6. The topological polar surface area (TPSA) is 97.4 Å². The highest BCUT2D eigenvalue weighted by atomic mass is 16.5. The van der Waals surface area contributed by atoms with Gasteiger partial charge in [-0.1, -0.05) is 0 Å². The number of ether oxygens (including phenoxy) is 3. The predicted molar refractivity (Wildman–Crippen MR) is 131 cm³/mol. The molecule has 4 rings (SSSR count). The molecule has 1 aromatic carbocycles. The third kappa shape index (κ3) is 6.32. The molecule has 9 nitrogen and oxygen atoms in total. The van der Waals surface area contributed by atoms with Crippen LogP contribution in [-0.4, -0.2) is 73.9 Å². The summed E-state index contributed by atoms with van der Waals surface area (Å²) in [5.41, 5.74) is 0.979. The van der Waals surface area contributed by atoms with Crippen LogP contribution in [0.15, 0.2) is 18.2 Å². The molecule has 3 fully saturated rings. The van der Waals surface area contributed by atoms with Crippen LogP contribution in [0.25, 0.3) is 0 Å². The number of anilines is 1. The molecular weight excluding hydrogens is 450 g/mol. The summed E-state index contributed by atoms with van der Waals surface area (Å²) in [7, 11) is 1.52. The number of urea groups is 1. The van der Waals surface area contributed by atoms with Crippen LogP contribution in [0.4, 0.5) is 10.5 Å². The Kier molecular flexibility index (Phi) is 8.28. The first kappa shape index (κ1) is 25.4. The van der Waals surface area contributed by atoms with Crippen LogP contribution in [0, 0.1) is 0 Å². The minimum atomic E-state index is -0.507. The number of nitrogens with zero attached hydrogens (tertiary/aromatic N) is 2. The Morgan fingerprint density at radius 2 is 1.63 bits per heavy atom. The molecule has 1 aromatic rings. The van der Waals surface area contributed by atoms with Crippen molar-refractivity contribution in [2.24, 2.45) is 0 Å². The molecule has 0 unspecified atom stereocenters. The zero-order chi connectivity index (χ0) is 24.9. The predicted octanol–water partition coefficient (Wildman–Crippen LogP) is 3.50. The lowest BCUT2D eigenvalue weighted by molar-refractivity contribution is -0.120. The normalized spacial score (nSPS) is 24.0. The number of rotatable bonds is 7.